The second kappa shape index (κ2) is 6.14. The lowest BCUT2D eigenvalue weighted by molar-refractivity contribution is -0.136. The number of thiophene rings is 1. The maximum Gasteiger partial charge on any atom is 0.248 e. The maximum atomic E-state index is 11.6. The minimum atomic E-state index is 0.100. The van der Waals surface area contributed by atoms with Gasteiger partial charge in [0.2, 0.25) is 5.91 Å². The van der Waals surface area contributed by atoms with E-state index in [0.717, 1.165) is 32.7 Å². The highest BCUT2D eigenvalue weighted by Crippen LogP contribution is 2.13. The zero-order valence-electron chi connectivity index (χ0n) is 10.1. The first-order valence-corrected chi connectivity index (χ1v) is 6.69. The summed E-state index contributed by atoms with van der Waals surface area (Å²) in [4.78, 5) is 17.3. The summed E-state index contributed by atoms with van der Waals surface area (Å²) in [6.07, 6.45) is 0. The minimum absolute atomic E-state index is 0.100. The molecule has 0 unspecified atom stereocenters. The number of ether oxygens (including phenoxy) is 1. The van der Waals surface area contributed by atoms with Gasteiger partial charge in [0.1, 0.15) is 6.61 Å². The van der Waals surface area contributed by atoms with E-state index in [1.165, 1.54) is 4.88 Å². The smallest absolute Gasteiger partial charge is 0.248 e. The van der Waals surface area contributed by atoms with Gasteiger partial charge >= 0.3 is 0 Å². The molecule has 0 aromatic carbocycles. The molecule has 0 bridgehead atoms. The van der Waals surface area contributed by atoms with Crippen molar-refractivity contribution in [2.24, 2.45) is 0 Å². The second-order valence-electron chi connectivity index (χ2n) is 4.17. The number of hydrogen-bond donors (Lipinski definition) is 0. The first-order valence-electron chi connectivity index (χ1n) is 5.81. The van der Waals surface area contributed by atoms with Crippen LogP contribution in [-0.4, -0.2) is 55.6 Å². The van der Waals surface area contributed by atoms with Crippen LogP contribution in [0, 0.1) is 0 Å². The predicted molar refractivity (Wildman–Crippen MR) is 68.1 cm³/mol. The van der Waals surface area contributed by atoms with Crippen LogP contribution in [0.15, 0.2) is 17.5 Å². The summed E-state index contributed by atoms with van der Waals surface area (Å²) in [5.41, 5.74) is 0. The quantitative estimate of drug-likeness (QED) is 0.805. The Morgan fingerprint density at radius 3 is 2.76 bits per heavy atom. The van der Waals surface area contributed by atoms with Gasteiger partial charge in [-0.15, -0.1) is 11.3 Å². The number of hydrogen-bond acceptors (Lipinski definition) is 4. The number of carbonyl (C=O) groups is 1. The first kappa shape index (κ1) is 12.5. The van der Waals surface area contributed by atoms with Crippen molar-refractivity contribution in [2.75, 3.05) is 39.9 Å². The van der Waals surface area contributed by atoms with Gasteiger partial charge in [-0.25, -0.2) is 0 Å². The van der Waals surface area contributed by atoms with E-state index >= 15 is 0 Å². The van der Waals surface area contributed by atoms with E-state index in [1.807, 2.05) is 4.90 Å². The summed E-state index contributed by atoms with van der Waals surface area (Å²) in [5.74, 6) is 0.100. The van der Waals surface area contributed by atoms with Gasteiger partial charge in [0, 0.05) is 44.7 Å². The van der Waals surface area contributed by atoms with Gasteiger partial charge < -0.3 is 9.64 Å². The van der Waals surface area contributed by atoms with Gasteiger partial charge in [-0.2, -0.15) is 0 Å². The molecule has 4 nitrogen and oxygen atoms in total. The Balaban J connectivity index is 1.76. The van der Waals surface area contributed by atoms with Crippen LogP contribution in [0.3, 0.4) is 0 Å². The zero-order valence-corrected chi connectivity index (χ0v) is 10.9. The molecule has 0 atom stereocenters. The van der Waals surface area contributed by atoms with E-state index in [4.69, 9.17) is 4.74 Å². The molecule has 2 rings (SSSR count). The Morgan fingerprint density at radius 2 is 2.18 bits per heavy atom. The number of piperazine rings is 1. The van der Waals surface area contributed by atoms with Crippen molar-refractivity contribution >= 4 is 17.2 Å². The molecule has 1 saturated heterocycles. The average molecular weight is 254 g/mol. The van der Waals surface area contributed by atoms with Gasteiger partial charge in [-0.05, 0) is 11.4 Å². The summed E-state index contributed by atoms with van der Waals surface area (Å²) in [6.45, 7) is 4.73. The van der Waals surface area contributed by atoms with Gasteiger partial charge in [0.05, 0.1) is 0 Å². The fourth-order valence-electron chi connectivity index (χ4n) is 1.99. The number of carbonyl (C=O) groups excluding carboxylic acids is 1. The fourth-order valence-corrected chi connectivity index (χ4v) is 2.74. The lowest BCUT2D eigenvalue weighted by atomic mass is 10.3. The van der Waals surface area contributed by atoms with Crippen molar-refractivity contribution in [3.05, 3.63) is 22.4 Å². The SMILES string of the molecule is COCC(=O)N1CCN(Cc2cccs2)CC1. The van der Waals surface area contributed by atoms with Gasteiger partial charge in [-0.3, -0.25) is 9.69 Å². The predicted octanol–water partition coefficient (Wildman–Crippen LogP) is 1.04. The van der Waals surface area contributed by atoms with Crippen LogP contribution < -0.4 is 0 Å². The van der Waals surface area contributed by atoms with Crippen LogP contribution in [0.25, 0.3) is 0 Å². The van der Waals surface area contributed by atoms with Crippen molar-refractivity contribution in [2.45, 2.75) is 6.54 Å². The van der Waals surface area contributed by atoms with Crippen LogP contribution in [0.4, 0.5) is 0 Å². The molecule has 1 fully saturated rings. The standard InChI is InChI=1S/C12H18N2O2S/c1-16-10-12(15)14-6-4-13(5-7-14)9-11-3-2-8-17-11/h2-3,8H,4-7,9-10H2,1H3. The summed E-state index contributed by atoms with van der Waals surface area (Å²) in [7, 11) is 1.56. The van der Waals surface area contributed by atoms with Crippen molar-refractivity contribution < 1.29 is 9.53 Å². The van der Waals surface area contributed by atoms with Crippen LogP contribution in [0.5, 0.6) is 0 Å². The molecule has 1 aromatic rings. The van der Waals surface area contributed by atoms with Crippen molar-refractivity contribution in [3.63, 3.8) is 0 Å². The first-order chi connectivity index (χ1) is 8.29. The number of nitrogens with zero attached hydrogens (tertiary/aromatic N) is 2. The molecule has 0 aliphatic carbocycles. The highest BCUT2D eigenvalue weighted by Gasteiger charge is 2.20. The molecule has 1 aliphatic heterocycles. The molecule has 0 saturated carbocycles. The third-order valence-electron chi connectivity index (χ3n) is 2.95. The maximum absolute atomic E-state index is 11.6. The molecule has 1 amide bonds. The van der Waals surface area contributed by atoms with Crippen LogP contribution in [0.2, 0.25) is 0 Å². The molecule has 0 N–H and O–H groups in total. The van der Waals surface area contributed by atoms with E-state index in [9.17, 15) is 4.79 Å². The van der Waals surface area contributed by atoms with Gasteiger partial charge in [-0.1, -0.05) is 6.07 Å². The van der Waals surface area contributed by atoms with E-state index in [0.29, 0.717) is 0 Å². The van der Waals surface area contributed by atoms with E-state index < -0.39 is 0 Å². The highest BCUT2D eigenvalue weighted by molar-refractivity contribution is 7.09. The van der Waals surface area contributed by atoms with E-state index in [1.54, 1.807) is 18.4 Å². The van der Waals surface area contributed by atoms with Gasteiger partial charge in [0.25, 0.3) is 0 Å². The molecule has 1 aliphatic rings. The molecule has 94 valence electrons. The lowest BCUT2D eigenvalue weighted by Gasteiger charge is -2.34. The third-order valence-corrected chi connectivity index (χ3v) is 3.81. The van der Waals surface area contributed by atoms with Crippen molar-refractivity contribution in [3.8, 4) is 0 Å². The van der Waals surface area contributed by atoms with Crippen molar-refractivity contribution in [1.29, 1.82) is 0 Å². The summed E-state index contributed by atoms with van der Waals surface area (Å²) in [6, 6.07) is 4.24. The molecular weight excluding hydrogens is 236 g/mol. The van der Waals surface area contributed by atoms with E-state index in [-0.39, 0.29) is 12.5 Å². The second-order valence-corrected chi connectivity index (χ2v) is 5.20. The monoisotopic (exact) mass is 254 g/mol. The third kappa shape index (κ3) is 3.52. The number of rotatable bonds is 4. The topological polar surface area (TPSA) is 32.8 Å². The Bertz CT molecular complexity index is 345. The fraction of sp³-hybridized carbons (Fsp3) is 0.583. The van der Waals surface area contributed by atoms with Crippen LogP contribution in [-0.2, 0) is 16.1 Å². The molecule has 0 radical (unpaired) electrons. The lowest BCUT2D eigenvalue weighted by Crippen LogP contribution is -2.49. The molecule has 5 heteroatoms. The van der Waals surface area contributed by atoms with Crippen LogP contribution >= 0.6 is 11.3 Å². The normalized spacial score (nSPS) is 17.4. The summed E-state index contributed by atoms with van der Waals surface area (Å²) in [5, 5.41) is 2.10. The van der Waals surface area contributed by atoms with Crippen molar-refractivity contribution in [1.82, 2.24) is 9.80 Å². The van der Waals surface area contributed by atoms with Crippen LogP contribution in [0.1, 0.15) is 4.88 Å². The molecule has 2 heterocycles. The Labute approximate surface area is 106 Å². The average Bonchev–Trinajstić information content (AvgIpc) is 2.83. The van der Waals surface area contributed by atoms with E-state index in [2.05, 4.69) is 22.4 Å². The number of methoxy groups -OCH3 is 1. The Hall–Kier alpha value is -0.910. The highest BCUT2D eigenvalue weighted by atomic mass is 32.1. The summed E-state index contributed by atoms with van der Waals surface area (Å²) >= 11 is 1.79. The molecule has 17 heavy (non-hydrogen) atoms. The number of amides is 1. The minimum Gasteiger partial charge on any atom is -0.375 e. The molecule has 0 spiro atoms. The summed E-state index contributed by atoms with van der Waals surface area (Å²) < 4.78 is 4.87. The largest absolute Gasteiger partial charge is 0.375 e. The molecule has 1 aromatic heterocycles. The Kier molecular flexibility index (Phi) is 4.53. The Morgan fingerprint density at radius 1 is 1.41 bits per heavy atom. The molecular formula is C12H18N2O2S. The van der Waals surface area contributed by atoms with Gasteiger partial charge in [0.15, 0.2) is 0 Å². The zero-order chi connectivity index (χ0) is 12.1.